The lowest BCUT2D eigenvalue weighted by molar-refractivity contribution is 0.0953. The summed E-state index contributed by atoms with van der Waals surface area (Å²) >= 11 is 0. The predicted octanol–water partition coefficient (Wildman–Crippen LogP) is 2.98. The highest BCUT2D eigenvalue weighted by atomic mass is 16.5. The molecule has 0 atom stereocenters. The molecule has 106 valence electrons. The lowest BCUT2D eigenvalue weighted by Crippen LogP contribution is -2.24. The van der Waals surface area contributed by atoms with Crippen molar-refractivity contribution in [2.45, 2.75) is 39.5 Å². The van der Waals surface area contributed by atoms with E-state index < -0.39 is 0 Å². The minimum Gasteiger partial charge on any atom is -0.491 e. The predicted molar refractivity (Wildman–Crippen MR) is 78.5 cm³/mol. The standard InChI is InChI=1S/C15H24N2O2/c1-3-5-6-10-19-14-8-7-12(11-13(14)16)15(18)17-9-4-2/h7-8,11H,3-6,9-10,16H2,1-2H3,(H,17,18). The van der Waals surface area contributed by atoms with Crippen LogP contribution in [-0.4, -0.2) is 19.1 Å². The second-order valence-corrected chi connectivity index (χ2v) is 4.56. The van der Waals surface area contributed by atoms with Crippen LogP contribution in [0.3, 0.4) is 0 Å². The topological polar surface area (TPSA) is 64.3 Å². The van der Waals surface area contributed by atoms with Gasteiger partial charge in [0.05, 0.1) is 12.3 Å². The Balaban J connectivity index is 2.56. The van der Waals surface area contributed by atoms with Crippen LogP contribution in [0, 0.1) is 0 Å². The van der Waals surface area contributed by atoms with E-state index in [1.54, 1.807) is 18.2 Å². The van der Waals surface area contributed by atoms with Crippen molar-refractivity contribution in [1.82, 2.24) is 5.32 Å². The molecule has 1 aromatic carbocycles. The fraction of sp³-hybridized carbons (Fsp3) is 0.533. The zero-order chi connectivity index (χ0) is 14.1. The normalized spacial score (nSPS) is 10.2. The molecule has 0 radical (unpaired) electrons. The molecule has 1 rings (SSSR count). The molecule has 0 fully saturated rings. The fourth-order valence-electron chi connectivity index (χ4n) is 1.70. The number of carbonyl (C=O) groups excluding carboxylic acids is 1. The molecule has 4 heteroatoms. The molecule has 19 heavy (non-hydrogen) atoms. The summed E-state index contributed by atoms with van der Waals surface area (Å²) in [4.78, 5) is 11.8. The minimum absolute atomic E-state index is 0.0916. The van der Waals surface area contributed by atoms with Crippen molar-refractivity contribution < 1.29 is 9.53 Å². The van der Waals surface area contributed by atoms with Gasteiger partial charge in [0.1, 0.15) is 5.75 Å². The van der Waals surface area contributed by atoms with Gasteiger partial charge < -0.3 is 15.8 Å². The first-order valence-corrected chi connectivity index (χ1v) is 6.99. The van der Waals surface area contributed by atoms with Gasteiger partial charge in [-0.25, -0.2) is 0 Å². The lowest BCUT2D eigenvalue weighted by Gasteiger charge is -2.10. The molecule has 0 heterocycles. The van der Waals surface area contributed by atoms with Crippen LogP contribution in [-0.2, 0) is 0 Å². The summed E-state index contributed by atoms with van der Waals surface area (Å²) < 4.78 is 5.60. The minimum atomic E-state index is -0.0916. The van der Waals surface area contributed by atoms with Crippen molar-refractivity contribution in [2.75, 3.05) is 18.9 Å². The highest BCUT2D eigenvalue weighted by molar-refractivity contribution is 5.95. The van der Waals surface area contributed by atoms with E-state index in [0.717, 1.165) is 25.7 Å². The maximum absolute atomic E-state index is 11.8. The Labute approximate surface area is 115 Å². The van der Waals surface area contributed by atoms with Crippen LogP contribution in [0.2, 0.25) is 0 Å². The molecule has 0 spiro atoms. The second kappa shape index (κ2) is 8.40. The first-order chi connectivity index (χ1) is 9.19. The summed E-state index contributed by atoms with van der Waals surface area (Å²) in [5, 5.41) is 2.82. The number of anilines is 1. The Morgan fingerprint density at radius 1 is 1.26 bits per heavy atom. The monoisotopic (exact) mass is 264 g/mol. The number of nitrogen functional groups attached to an aromatic ring is 1. The van der Waals surface area contributed by atoms with E-state index in [9.17, 15) is 4.79 Å². The number of rotatable bonds is 8. The number of hydrogen-bond acceptors (Lipinski definition) is 3. The van der Waals surface area contributed by atoms with E-state index in [1.165, 1.54) is 0 Å². The maximum atomic E-state index is 11.8. The zero-order valence-electron chi connectivity index (χ0n) is 11.9. The molecular formula is C15H24N2O2. The van der Waals surface area contributed by atoms with Crippen molar-refractivity contribution in [2.24, 2.45) is 0 Å². The molecule has 0 saturated carbocycles. The summed E-state index contributed by atoms with van der Waals surface area (Å²) in [6, 6.07) is 5.18. The summed E-state index contributed by atoms with van der Waals surface area (Å²) in [5.41, 5.74) is 6.99. The number of amides is 1. The molecule has 0 aromatic heterocycles. The van der Waals surface area contributed by atoms with E-state index in [0.29, 0.717) is 30.2 Å². The molecule has 1 aromatic rings. The summed E-state index contributed by atoms with van der Waals surface area (Å²) in [7, 11) is 0. The smallest absolute Gasteiger partial charge is 0.251 e. The van der Waals surface area contributed by atoms with Crippen molar-refractivity contribution in [3.8, 4) is 5.75 Å². The lowest BCUT2D eigenvalue weighted by atomic mass is 10.1. The molecule has 1 amide bonds. The fourth-order valence-corrected chi connectivity index (χ4v) is 1.70. The van der Waals surface area contributed by atoms with Gasteiger partial charge in [-0.1, -0.05) is 26.7 Å². The average Bonchev–Trinajstić information content (AvgIpc) is 2.42. The van der Waals surface area contributed by atoms with Gasteiger partial charge in [0.15, 0.2) is 0 Å². The van der Waals surface area contributed by atoms with E-state index in [4.69, 9.17) is 10.5 Å². The third-order valence-electron chi connectivity index (χ3n) is 2.81. The maximum Gasteiger partial charge on any atom is 0.251 e. The van der Waals surface area contributed by atoms with Crippen LogP contribution < -0.4 is 15.8 Å². The molecule has 0 unspecified atom stereocenters. The van der Waals surface area contributed by atoms with E-state index in [1.807, 2.05) is 6.92 Å². The SMILES string of the molecule is CCCCCOc1ccc(C(=O)NCCC)cc1N. The Morgan fingerprint density at radius 2 is 2.05 bits per heavy atom. The van der Waals surface area contributed by atoms with Crippen LogP contribution in [0.15, 0.2) is 18.2 Å². The number of nitrogens with one attached hydrogen (secondary N) is 1. The van der Waals surface area contributed by atoms with Crippen molar-refractivity contribution >= 4 is 11.6 Å². The molecule has 0 saturated heterocycles. The highest BCUT2D eigenvalue weighted by Gasteiger charge is 2.08. The second-order valence-electron chi connectivity index (χ2n) is 4.56. The average molecular weight is 264 g/mol. The van der Waals surface area contributed by atoms with Crippen LogP contribution >= 0.6 is 0 Å². The third-order valence-corrected chi connectivity index (χ3v) is 2.81. The molecule has 0 bridgehead atoms. The van der Waals surface area contributed by atoms with Crippen molar-refractivity contribution in [3.63, 3.8) is 0 Å². The van der Waals surface area contributed by atoms with E-state index >= 15 is 0 Å². The first kappa shape index (κ1) is 15.3. The van der Waals surface area contributed by atoms with Crippen molar-refractivity contribution in [1.29, 1.82) is 0 Å². The Bertz CT molecular complexity index is 405. The number of unbranched alkanes of at least 4 members (excludes halogenated alkanes) is 2. The number of ether oxygens (including phenoxy) is 1. The van der Waals surface area contributed by atoms with Gasteiger partial charge in [-0.15, -0.1) is 0 Å². The van der Waals surface area contributed by atoms with Gasteiger partial charge in [-0.3, -0.25) is 4.79 Å². The van der Waals surface area contributed by atoms with Gasteiger partial charge in [0, 0.05) is 12.1 Å². The number of hydrogen-bond donors (Lipinski definition) is 2. The quantitative estimate of drug-likeness (QED) is 0.560. The van der Waals surface area contributed by atoms with E-state index in [-0.39, 0.29) is 5.91 Å². The highest BCUT2D eigenvalue weighted by Crippen LogP contribution is 2.22. The summed E-state index contributed by atoms with van der Waals surface area (Å²) in [6.45, 7) is 5.51. The summed E-state index contributed by atoms with van der Waals surface area (Å²) in [5.74, 6) is 0.564. The van der Waals surface area contributed by atoms with Gasteiger partial charge in [0.25, 0.3) is 5.91 Å². The van der Waals surface area contributed by atoms with Gasteiger partial charge >= 0.3 is 0 Å². The van der Waals surface area contributed by atoms with Gasteiger partial charge in [-0.05, 0) is 31.0 Å². The number of nitrogens with two attached hydrogens (primary N) is 1. The van der Waals surface area contributed by atoms with Crippen LogP contribution in [0.4, 0.5) is 5.69 Å². The first-order valence-electron chi connectivity index (χ1n) is 6.99. The number of carbonyl (C=O) groups is 1. The Morgan fingerprint density at radius 3 is 2.68 bits per heavy atom. The van der Waals surface area contributed by atoms with Crippen LogP contribution in [0.5, 0.6) is 5.75 Å². The molecule has 0 aliphatic heterocycles. The largest absolute Gasteiger partial charge is 0.491 e. The van der Waals surface area contributed by atoms with E-state index in [2.05, 4.69) is 12.2 Å². The third kappa shape index (κ3) is 5.20. The molecular weight excluding hydrogens is 240 g/mol. The van der Waals surface area contributed by atoms with Crippen molar-refractivity contribution in [3.05, 3.63) is 23.8 Å². The van der Waals surface area contributed by atoms with Gasteiger partial charge in [-0.2, -0.15) is 0 Å². The van der Waals surface area contributed by atoms with Gasteiger partial charge in [0.2, 0.25) is 0 Å². The molecule has 4 nitrogen and oxygen atoms in total. The Kier molecular flexibility index (Phi) is 6.79. The zero-order valence-corrected chi connectivity index (χ0v) is 11.9. The van der Waals surface area contributed by atoms with Crippen LogP contribution in [0.25, 0.3) is 0 Å². The molecule has 3 N–H and O–H groups in total. The Hall–Kier alpha value is -1.71. The molecule has 0 aliphatic rings. The van der Waals surface area contributed by atoms with Crippen LogP contribution in [0.1, 0.15) is 49.9 Å². The molecule has 0 aliphatic carbocycles. The number of benzene rings is 1. The summed E-state index contributed by atoms with van der Waals surface area (Å²) in [6.07, 6.45) is 4.25.